The van der Waals surface area contributed by atoms with E-state index in [1.807, 2.05) is 99.6 Å². The van der Waals surface area contributed by atoms with E-state index in [2.05, 4.69) is 61.7 Å². The highest BCUT2D eigenvalue weighted by Gasteiger charge is 2.45. The van der Waals surface area contributed by atoms with Crippen LogP contribution in [0.15, 0.2) is 78.7 Å². The van der Waals surface area contributed by atoms with Crippen LogP contribution in [-0.2, 0) is 26.2 Å². The van der Waals surface area contributed by atoms with Crippen molar-refractivity contribution in [3.8, 4) is 27.6 Å². The second-order valence-corrected chi connectivity index (χ2v) is 22.6. The van der Waals surface area contributed by atoms with Gasteiger partial charge < -0.3 is 51.1 Å². The van der Waals surface area contributed by atoms with E-state index in [0.29, 0.717) is 79.2 Å². The number of piperazine rings is 1. The predicted octanol–water partition coefficient (Wildman–Crippen LogP) is 7.09. The molecule has 2 aliphatic heterocycles. The normalized spacial score (nSPS) is 16.1. The van der Waals surface area contributed by atoms with Crippen molar-refractivity contribution >= 4 is 69.6 Å². The number of pyridine rings is 1. The van der Waals surface area contributed by atoms with Gasteiger partial charge in [-0.15, -0.1) is 21.5 Å². The lowest BCUT2D eigenvalue weighted by atomic mass is 9.85. The highest BCUT2D eigenvalue weighted by molar-refractivity contribution is 7.13. The van der Waals surface area contributed by atoms with E-state index in [4.69, 9.17) is 4.74 Å². The number of thiazole rings is 1. The van der Waals surface area contributed by atoms with Crippen LogP contribution in [0.5, 0.6) is 5.75 Å². The molecule has 6 heterocycles. The Hall–Kier alpha value is -8.05. The van der Waals surface area contributed by atoms with E-state index < -0.39 is 29.5 Å². The molecule has 2 aromatic carbocycles. The number of β-amino-alcohol motifs (C(OH)–C–C–N with tert-alkyl or cyclic N) is 1. The van der Waals surface area contributed by atoms with E-state index >= 15 is 0 Å². The number of aliphatic hydroxyl groups excluding tert-OH is 1. The molecule has 23 heteroatoms. The van der Waals surface area contributed by atoms with Crippen molar-refractivity contribution in [1.82, 2.24) is 60.7 Å². The Morgan fingerprint density at radius 1 is 0.840 bits per heavy atom. The topological polar surface area (TPSA) is 267 Å². The van der Waals surface area contributed by atoms with Gasteiger partial charge in [0.1, 0.15) is 24.2 Å². The van der Waals surface area contributed by atoms with Gasteiger partial charge in [-0.25, -0.2) is 15.0 Å². The standard InChI is InChI=1S/C58H75N15O7S/c1-36(38-20-22-39(23-21-38)52-37(2)62-35-81-52)63-55(77)45-30-41(74)33-73(45)57(79)53(58(3,4)5)66-48(75)18-13-11-9-10-12-14-19-49(76)72-28-26-71(27-29-72)40-24-25-46(60-32-40)65-47-31-44(50(68-67-47)56(78)59-6)64-43-17-15-16-42(51(43)80-8)54-61-34-70(7)69-54/h15-17,20-25,31-32,34-36,41,45,53,74H,9-14,18-19,26-30,33H2,1-8H3,(H,59,78)(H,63,77)(H,66,75)(H2,60,64,65,67)/t36-,41+,45-,53+/m0/s1. The summed E-state index contributed by atoms with van der Waals surface area (Å²) in [5, 5.41) is 38.7. The van der Waals surface area contributed by atoms with E-state index in [9.17, 15) is 29.1 Å². The Morgan fingerprint density at radius 3 is 2.21 bits per heavy atom. The van der Waals surface area contributed by atoms with Gasteiger partial charge in [0.15, 0.2) is 23.1 Å². The Morgan fingerprint density at radius 2 is 1.57 bits per heavy atom. The molecule has 81 heavy (non-hydrogen) atoms. The number of nitrogens with zero attached hydrogens (tertiary/aromatic N) is 10. The van der Waals surface area contributed by atoms with Crippen molar-refractivity contribution in [2.24, 2.45) is 12.5 Å². The third-order valence-corrected chi connectivity index (χ3v) is 15.6. The molecule has 8 rings (SSSR count). The number of hydrogen-bond donors (Lipinski definition) is 6. The predicted molar refractivity (Wildman–Crippen MR) is 311 cm³/mol. The molecule has 0 saturated carbocycles. The summed E-state index contributed by atoms with van der Waals surface area (Å²) in [5.74, 6) is 0.605. The van der Waals surface area contributed by atoms with E-state index in [-0.39, 0.29) is 54.8 Å². The molecule has 2 aliphatic rings. The van der Waals surface area contributed by atoms with Crippen molar-refractivity contribution in [2.75, 3.05) is 62.4 Å². The smallest absolute Gasteiger partial charge is 0.273 e. The number of carbonyl (C=O) groups is 5. The maximum Gasteiger partial charge on any atom is 0.273 e. The molecule has 2 saturated heterocycles. The maximum absolute atomic E-state index is 14.2. The van der Waals surface area contributed by atoms with E-state index in [0.717, 1.165) is 59.5 Å². The van der Waals surface area contributed by atoms with Crippen LogP contribution in [-0.4, -0.2) is 144 Å². The van der Waals surface area contributed by atoms with Gasteiger partial charge in [0, 0.05) is 72.1 Å². The largest absolute Gasteiger partial charge is 0.494 e. The molecule has 4 aromatic heterocycles. The van der Waals surface area contributed by atoms with E-state index in [1.165, 1.54) is 11.9 Å². The summed E-state index contributed by atoms with van der Waals surface area (Å²) >= 11 is 1.58. The number of nitrogens with one attached hydrogen (secondary N) is 5. The Kier molecular flexibility index (Phi) is 19.6. The average molecular weight is 1130 g/mol. The summed E-state index contributed by atoms with van der Waals surface area (Å²) in [7, 11) is 4.86. The molecule has 0 radical (unpaired) electrons. The van der Waals surface area contributed by atoms with Crippen molar-refractivity contribution in [2.45, 2.75) is 117 Å². The summed E-state index contributed by atoms with van der Waals surface area (Å²) in [6.45, 7) is 12.1. The molecule has 6 aromatic rings. The lowest BCUT2D eigenvalue weighted by Gasteiger charge is -2.36. The van der Waals surface area contributed by atoms with Gasteiger partial charge in [-0.1, -0.05) is 76.8 Å². The number of para-hydroxylation sites is 1. The maximum atomic E-state index is 14.2. The number of aryl methyl sites for hydroxylation is 2. The van der Waals surface area contributed by atoms with Crippen molar-refractivity contribution in [3.05, 3.63) is 95.6 Å². The number of likely N-dealkylation sites (tertiary alicyclic amines) is 1. The van der Waals surface area contributed by atoms with Gasteiger partial charge in [-0.05, 0) is 67.5 Å². The van der Waals surface area contributed by atoms with Crippen molar-refractivity contribution < 1.29 is 33.8 Å². The third-order valence-electron chi connectivity index (χ3n) is 14.7. The summed E-state index contributed by atoms with van der Waals surface area (Å²) in [4.78, 5) is 87.2. The highest BCUT2D eigenvalue weighted by atomic mass is 32.1. The molecule has 22 nitrogen and oxygen atoms in total. The molecular weight excluding hydrogens is 1050 g/mol. The fourth-order valence-corrected chi connectivity index (χ4v) is 11.0. The number of unbranched alkanes of at least 4 members (excludes halogenated alkanes) is 5. The van der Waals surface area contributed by atoms with Gasteiger partial charge in [-0.3, -0.25) is 28.7 Å². The number of amides is 5. The minimum Gasteiger partial charge on any atom is -0.494 e. The van der Waals surface area contributed by atoms with Crippen LogP contribution < -0.4 is 36.2 Å². The number of anilines is 5. The number of ether oxygens (including phenoxy) is 1. The van der Waals surface area contributed by atoms with Crippen LogP contribution in [0.25, 0.3) is 21.8 Å². The summed E-state index contributed by atoms with van der Waals surface area (Å²) < 4.78 is 7.37. The second-order valence-electron chi connectivity index (χ2n) is 21.7. The fraction of sp³-hybridized carbons (Fsp3) is 0.466. The second kappa shape index (κ2) is 26.9. The summed E-state index contributed by atoms with van der Waals surface area (Å²) in [6, 6.07) is 16.9. The van der Waals surface area contributed by atoms with Crippen molar-refractivity contribution in [1.29, 1.82) is 0 Å². The molecule has 4 atom stereocenters. The Bertz CT molecular complexity index is 3140. The summed E-state index contributed by atoms with van der Waals surface area (Å²) in [5.41, 5.74) is 6.71. The first-order chi connectivity index (χ1) is 38.9. The first-order valence-electron chi connectivity index (χ1n) is 27.6. The molecule has 2 fully saturated rings. The van der Waals surface area contributed by atoms with Gasteiger partial charge >= 0.3 is 0 Å². The van der Waals surface area contributed by atoms with Crippen LogP contribution in [0.4, 0.5) is 28.7 Å². The average Bonchev–Trinajstić information content (AvgIpc) is 4.27. The zero-order chi connectivity index (χ0) is 57.8. The zero-order valence-electron chi connectivity index (χ0n) is 47.5. The highest BCUT2D eigenvalue weighted by Crippen LogP contribution is 2.38. The van der Waals surface area contributed by atoms with Gasteiger partial charge in [0.05, 0.1) is 64.2 Å². The minimum absolute atomic E-state index is 0.00787. The molecule has 0 unspecified atom stereocenters. The summed E-state index contributed by atoms with van der Waals surface area (Å²) in [6.07, 6.45) is 8.44. The van der Waals surface area contributed by atoms with Gasteiger partial charge in [-0.2, -0.15) is 5.10 Å². The number of benzene rings is 2. The zero-order valence-corrected chi connectivity index (χ0v) is 48.3. The van der Waals surface area contributed by atoms with Gasteiger partial charge in [0.25, 0.3) is 5.91 Å². The van der Waals surface area contributed by atoms with Crippen LogP contribution in [0.2, 0.25) is 0 Å². The van der Waals surface area contributed by atoms with E-state index in [1.54, 1.807) is 48.8 Å². The molecule has 0 spiro atoms. The molecular formula is C58H75N15O7S. The van der Waals surface area contributed by atoms with Crippen LogP contribution in [0.1, 0.15) is 113 Å². The lowest BCUT2D eigenvalue weighted by Crippen LogP contribution is -2.57. The number of methoxy groups -OCH3 is 1. The molecule has 0 bridgehead atoms. The quantitative estimate of drug-likeness (QED) is 0.0350. The number of hydrogen-bond acceptors (Lipinski definition) is 17. The molecule has 0 aliphatic carbocycles. The number of aromatic nitrogens is 7. The fourth-order valence-electron chi connectivity index (χ4n) is 10.1. The molecule has 430 valence electrons. The monoisotopic (exact) mass is 1130 g/mol. The number of rotatable bonds is 23. The molecule has 5 amide bonds. The van der Waals surface area contributed by atoms with Crippen LogP contribution >= 0.6 is 11.3 Å². The van der Waals surface area contributed by atoms with Crippen LogP contribution in [0, 0.1) is 12.3 Å². The first kappa shape index (κ1) is 59.1. The number of aliphatic hydroxyl groups is 1. The first-order valence-corrected chi connectivity index (χ1v) is 28.5. The lowest BCUT2D eigenvalue weighted by molar-refractivity contribution is -0.144. The SMILES string of the molecule is CNC(=O)c1nnc(Nc2ccc(N3CCN(C(=O)CCCCCCCCC(=O)N[C@H](C(=O)N4C[C@H](O)C[C@H]4C(=O)N[C@@H](C)c4ccc(-c5scnc5C)cc4)C(C)(C)C)CC3)cn2)cc1Nc1cccc(-c2ncn(C)n2)c1OC. The van der Waals surface area contributed by atoms with Crippen molar-refractivity contribution in [3.63, 3.8) is 0 Å². The van der Waals surface area contributed by atoms with Crippen LogP contribution in [0.3, 0.4) is 0 Å². The number of carbonyl (C=O) groups excluding carboxylic acids is 5. The Labute approximate surface area is 476 Å². The molecule has 6 N–H and O–H groups in total. The third kappa shape index (κ3) is 15.0. The Balaban J connectivity index is 0.726. The van der Waals surface area contributed by atoms with Gasteiger partial charge in [0.2, 0.25) is 23.6 Å². The minimum atomic E-state index is -0.887.